The first kappa shape index (κ1) is 14.8. The molecule has 0 aliphatic heterocycles. The van der Waals surface area contributed by atoms with E-state index in [1.54, 1.807) is 0 Å². The fraction of sp³-hybridized carbons (Fsp3) is 0.875. The standard InChI is InChI=1S/C8H16O2.K.H/c1-2-5-8(10)6-3-4-7-9;;/h9H,2-7H2,1H3;;. The topological polar surface area (TPSA) is 37.3 Å². The Morgan fingerprint density at radius 1 is 1.27 bits per heavy atom. The molecular weight excluding hydrogens is 167 g/mol. The van der Waals surface area contributed by atoms with Crippen LogP contribution < -0.4 is 0 Å². The van der Waals surface area contributed by atoms with Crippen molar-refractivity contribution in [3.8, 4) is 0 Å². The van der Waals surface area contributed by atoms with E-state index in [-0.39, 0.29) is 58.0 Å². The Hall–Kier alpha value is 1.27. The minimum atomic E-state index is 0. The van der Waals surface area contributed by atoms with Gasteiger partial charge in [-0.25, -0.2) is 0 Å². The van der Waals surface area contributed by atoms with Gasteiger partial charge in [0, 0.05) is 19.4 Å². The number of aliphatic hydroxyl groups excluding tert-OH is 1. The Labute approximate surface area is 111 Å². The summed E-state index contributed by atoms with van der Waals surface area (Å²) in [5, 5.41) is 8.40. The number of rotatable bonds is 6. The Kier molecular flexibility index (Phi) is 15.1. The summed E-state index contributed by atoms with van der Waals surface area (Å²) in [5.74, 6) is 0.330. The number of carbonyl (C=O) groups excluding carboxylic acids is 1. The summed E-state index contributed by atoms with van der Waals surface area (Å²) in [4.78, 5) is 10.8. The molecule has 62 valence electrons. The summed E-state index contributed by atoms with van der Waals surface area (Å²) in [7, 11) is 0. The second kappa shape index (κ2) is 11.3. The third kappa shape index (κ3) is 11.3. The molecule has 0 unspecified atom stereocenters. The Balaban J connectivity index is 0. The van der Waals surface area contributed by atoms with Crippen LogP contribution in [0.4, 0.5) is 0 Å². The van der Waals surface area contributed by atoms with E-state index in [1.165, 1.54) is 0 Å². The fourth-order valence-corrected chi connectivity index (χ4v) is 0.838. The molecule has 0 spiro atoms. The van der Waals surface area contributed by atoms with E-state index in [4.69, 9.17) is 5.11 Å². The summed E-state index contributed by atoms with van der Waals surface area (Å²) < 4.78 is 0. The molecule has 0 aromatic heterocycles. The van der Waals surface area contributed by atoms with Crippen LogP contribution in [0.3, 0.4) is 0 Å². The maximum atomic E-state index is 10.8. The normalized spacial score (nSPS) is 8.91. The van der Waals surface area contributed by atoms with Crippen molar-refractivity contribution in [2.45, 2.75) is 39.0 Å². The zero-order valence-corrected chi connectivity index (χ0v) is 6.60. The predicted molar refractivity (Wildman–Crippen MR) is 48.0 cm³/mol. The van der Waals surface area contributed by atoms with Crippen LogP contribution >= 0.6 is 0 Å². The van der Waals surface area contributed by atoms with Gasteiger partial charge >= 0.3 is 51.4 Å². The van der Waals surface area contributed by atoms with Crippen molar-refractivity contribution in [3.05, 3.63) is 0 Å². The maximum absolute atomic E-state index is 10.8. The SMILES string of the molecule is CCCC(=O)CCCCO.[KH]. The van der Waals surface area contributed by atoms with Gasteiger partial charge in [-0.1, -0.05) is 6.92 Å². The van der Waals surface area contributed by atoms with Crippen molar-refractivity contribution in [1.29, 1.82) is 0 Å². The Morgan fingerprint density at radius 2 is 1.91 bits per heavy atom. The second-order valence-electron chi connectivity index (χ2n) is 2.47. The quantitative estimate of drug-likeness (QED) is 0.491. The first-order chi connectivity index (χ1) is 4.81. The van der Waals surface area contributed by atoms with Crippen LogP contribution in [-0.4, -0.2) is 68.9 Å². The molecule has 0 fully saturated rings. The molecule has 0 amide bonds. The van der Waals surface area contributed by atoms with Gasteiger partial charge < -0.3 is 5.11 Å². The van der Waals surface area contributed by atoms with Gasteiger partial charge in [-0.3, -0.25) is 4.79 Å². The van der Waals surface area contributed by atoms with E-state index in [0.29, 0.717) is 18.6 Å². The third-order valence-corrected chi connectivity index (χ3v) is 1.39. The van der Waals surface area contributed by atoms with Crippen LogP contribution in [0.25, 0.3) is 0 Å². The first-order valence-corrected chi connectivity index (χ1v) is 3.93. The molecule has 0 aliphatic rings. The van der Waals surface area contributed by atoms with Crippen molar-refractivity contribution in [2.24, 2.45) is 0 Å². The molecule has 0 heterocycles. The molecule has 0 radical (unpaired) electrons. The van der Waals surface area contributed by atoms with Gasteiger partial charge in [-0.2, -0.15) is 0 Å². The average molecular weight is 184 g/mol. The monoisotopic (exact) mass is 184 g/mol. The predicted octanol–water partition coefficient (Wildman–Crippen LogP) is 0.870. The molecule has 0 saturated carbocycles. The number of carbonyl (C=O) groups is 1. The van der Waals surface area contributed by atoms with E-state index in [0.717, 1.165) is 19.3 Å². The first-order valence-electron chi connectivity index (χ1n) is 3.93. The molecule has 0 aliphatic carbocycles. The van der Waals surface area contributed by atoms with Gasteiger partial charge in [0.25, 0.3) is 0 Å². The summed E-state index contributed by atoms with van der Waals surface area (Å²) >= 11 is 0. The van der Waals surface area contributed by atoms with Gasteiger partial charge in [0.1, 0.15) is 5.78 Å². The number of hydrogen-bond donors (Lipinski definition) is 1. The van der Waals surface area contributed by atoms with Gasteiger partial charge in [0.05, 0.1) is 0 Å². The van der Waals surface area contributed by atoms with Crippen molar-refractivity contribution < 1.29 is 9.90 Å². The number of unbranched alkanes of at least 4 members (excludes halogenated alkanes) is 1. The summed E-state index contributed by atoms with van der Waals surface area (Å²) in [6.07, 6.45) is 3.89. The minimum absolute atomic E-state index is 0. The average Bonchev–Trinajstić information content (AvgIpc) is 1.89. The van der Waals surface area contributed by atoms with Crippen molar-refractivity contribution in [2.75, 3.05) is 6.61 Å². The van der Waals surface area contributed by atoms with Crippen molar-refractivity contribution in [1.82, 2.24) is 0 Å². The molecule has 0 rings (SSSR count). The van der Waals surface area contributed by atoms with E-state index < -0.39 is 0 Å². The zero-order valence-electron chi connectivity index (χ0n) is 6.60. The van der Waals surface area contributed by atoms with Crippen LogP contribution in [-0.2, 0) is 4.79 Å². The molecule has 11 heavy (non-hydrogen) atoms. The van der Waals surface area contributed by atoms with E-state index in [9.17, 15) is 4.79 Å². The van der Waals surface area contributed by atoms with Crippen molar-refractivity contribution in [3.63, 3.8) is 0 Å². The van der Waals surface area contributed by atoms with Gasteiger partial charge in [-0.15, -0.1) is 0 Å². The fourth-order valence-electron chi connectivity index (χ4n) is 0.838. The molecule has 0 aromatic carbocycles. The van der Waals surface area contributed by atoms with E-state index in [1.807, 2.05) is 6.92 Å². The van der Waals surface area contributed by atoms with Crippen LogP contribution in [0.5, 0.6) is 0 Å². The van der Waals surface area contributed by atoms with E-state index in [2.05, 4.69) is 0 Å². The second-order valence-corrected chi connectivity index (χ2v) is 2.47. The number of ketones is 1. The van der Waals surface area contributed by atoms with E-state index >= 15 is 0 Å². The van der Waals surface area contributed by atoms with Gasteiger partial charge in [0.2, 0.25) is 0 Å². The Morgan fingerprint density at radius 3 is 2.36 bits per heavy atom. The Bertz CT molecular complexity index is 94.1. The van der Waals surface area contributed by atoms with Gasteiger partial charge in [0.15, 0.2) is 0 Å². The zero-order chi connectivity index (χ0) is 7.82. The molecule has 0 bridgehead atoms. The molecular formula is C8H17KO2. The molecule has 2 nitrogen and oxygen atoms in total. The van der Waals surface area contributed by atoms with Crippen LogP contribution in [0.2, 0.25) is 0 Å². The van der Waals surface area contributed by atoms with Crippen LogP contribution in [0, 0.1) is 0 Å². The van der Waals surface area contributed by atoms with Crippen LogP contribution in [0.1, 0.15) is 39.0 Å². The molecule has 0 saturated heterocycles. The third-order valence-electron chi connectivity index (χ3n) is 1.39. The van der Waals surface area contributed by atoms with Crippen LogP contribution in [0.15, 0.2) is 0 Å². The number of hydrogen-bond acceptors (Lipinski definition) is 2. The summed E-state index contributed by atoms with van der Waals surface area (Å²) in [6.45, 7) is 2.21. The summed E-state index contributed by atoms with van der Waals surface area (Å²) in [6, 6.07) is 0. The molecule has 0 atom stereocenters. The molecule has 3 heteroatoms. The summed E-state index contributed by atoms with van der Waals surface area (Å²) in [5.41, 5.74) is 0. The van der Waals surface area contributed by atoms with Crippen molar-refractivity contribution >= 4 is 57.2 Å². The number of aliphatic hydroxyl groups is 1. The number of Topliss-reactive ketones (excluding diaryl/α,β-unsaturated/α-hetero) is 1. The molecule has 0 aromatic rings. The van der Waals surface area contributed by atoms with Gasteiger partial charge in [-0.05, 0) is 19.3 Å². The molecule has 1 N–H and O–H groups in total.